The molecule has 0 fully saturated rings. The van der Waals surface area contributed by atoms with E-state index in [9.17, 15) is 14.9 Å². The molecule has 0 heterocycles. The number of nitrogens with two attached hydrogens (primary N) is 1. The normalized spacial score (nSPS) is 9.16. The number of nitro benzene ring substituents is 1. The highest BCUT2D eigenvalue weighted by Gasteiger charge is 2.16. The lowest BCUT2D eigenvalue weighted by atomic mass is 10.1. The van der Waals surface area contributed by atoms with E-state index in [-0.39, 0.29) is 29.3 Å². The van der Waals surface area contributed by atoms with E-state index < -0.39 is 10.9 Å². The number of carbonyl (C=O) groups is 1. The first-order chi connectivity index (χ1) is 8.99. The van der Waals surface area contributed by atoms with Crippen LogP contribution in [0.1, 0.15) is 12.5 Å². The van der Waals surface area contributed by atoms with Crippen molar-refractivity contribution in [1.29, 1.82) is 0 Å². The lowest BCUT2D eigenvalue weighted by molar-refractivity contribution is -0.384. The molecule has 7 heteroatoms. The monoisotopic (exact) mass is 264 g/mol. The van der Waals surface area contributed by atoms with Gasteiger partial charge in [0.1, 0.15) is 11.4 Å². The molecule has 0 aromatic heterocycles. The van der Waals surface area contributed by atoms with E-state index in [4.69, 9.17) is 10.5 Å². The Morgan fingerprint density at radius 1 is 1.53 bits per heavy atom. The number of benzene rings is 1. The minimum atomic E-state index is -0.729. The molecule has 0 saturated heterocycles. The number of nitrogens with zero attached hydrogens (tertiary/aromatic N) is 1. The van der Waals surface area contributed by atoms with Gasteiger partial charge in [-0.25, -0.2) is 4.79 Å². The first-order valence-corrected chi connectivity index (χ1v) is 5.30. The topological polar surface area (TPSA) is 105 Å². The minimum Gasteiger partial charge on any atom is -0.496 e. The molecule has 0 aliphatic heterocycles. The molecule has 0 saturated carbocycles. The zero-order valence-electron chi connectivity index (χ0n) is 10.4. The average Bonchev–Trinajstić information content (AvgIpc) is 2.37. The van der Waals surface area contributed by atoms with Crippen LogP contribution in [0.15, 0.2) is 12.1 Å². The number of esters is 1. The molecule has 2 N–H and O–H groups in total. The summed E-state index contributed by atoms with van der Waals surface area (Å²) >= 11 is 0. The molecule has 0 spiro atoms. The molecule has 7 nitrogen and oxygen atoms in total. The second-order valence-corrected chi connectivity index (χ2v) is 3.34. The van der Waals surface area contributed by atoms with Gasteiger partial charge in [-0.3, -0.25) is 10.1 Å². The van der Waals surface area contributed by atoms with Gasteiger partial charge in [-0.2, -0.15) is 0 Å². The van der Waals surface area contributed by atoms with Gasteiger partial charge in [0.25, 0.3) is 5.69 Å². The molecule has 0 unspecified atom stereocenters. The van der Waals surface area contributed by atoms with Crippen LogP contribution >= 0.6 is 0 Å². The third-order valence-corrected chi connectivity index (χ3v) is 2.14. The van der Waals surface area contributed by atoms with Crippen molar-refractivity contribution < 1.29 is 19.2 Å². The van der Waals surface area contributed by atoms with Crippen molar-refractivity contribution in [2.24, 2.45) is 0 Å². The maximum atomic E-state index is 11.1. The molecule has 0 aliphatic rings. The SMILES string of the molecule is CCOC(=O)C#Cc1cc(OC)cc([N+](=O)[O-])c1N. The third kappa shape index (κ3) is 3.61. The summed E-state index contributed by atoms with van der Waals surface area (Å²) in [4.78, 5) is 21.3. The number of methoxy groups -OCH3 is 1. The van der Waals surface area contributed by atoms with Crippen LogP contribution in [-0.4, -0.2) is 24.6 Å². The number of carbonyl (C=O) groups excluding carboxylic acids is 1. The van der Waals surface area contributed by atoms with Crippen LogP contribution < -0.4 is 10.5 Å². The van der Waals surface area contributed by atoms with Crippen molar-refractivity contribution in [3.8, 4) is 17.6 Å². The van der Waals surface area contributed by atoms with Crippen molar-refractivity contribution in [1.82, 2.24) is 0 Å². The van der Waals surface area contributed by atoms with Gasteiger partial charge >= 0.3 is 5.97 Å². The van der Waals surface area contributed by atoms with Crippen molar-refractivity contribution in [3.05, 3.63) is 27.8 Å². The van der Waals surface area contributed by atoms with Crippen LogP contribution in [0, 0.1) is 22.0 Å². The van der Waals surface area contributed by atoms with E-state index in [1.165, 1.54) is 19.2 Å². The van der Waals surface area contributed by atoms with Gasteiger partial charge < -0.3 is 15.2 Å². The summed E-state index contributed by atoms with van der Waals surface area (Å²) < 4.78 is 9.53. The molecular formula is C12H12N2O5. The Hall–Kier alpha value is -2.75. The summed E-state index contributed by atoms with van der Waals surface area (Å²) in [5, 5.41) is 10.8. The Labute approximate surface area is 109 Å². The number of nitrogen functional groups attached to an aromatic ring is 1. The summed E-state index contributed by atoms with van der Waals surface area (Å²) in [5.74, 6) is 4.12. The zero-order chi connectivity index (χ0) is 14.4. The van der Waals surface area contributed by atoms with Crippen LogP contribution in [-0.2, 0) is 9.53 Å². The highest BCUT2D eigenvalue weighted by molar-refractivity contribution is 5.90. The standard InChI is InChI=1S/C12H12N2O5/c1-3-19-11(15)5-4-8-6-9(18-2)7-10(12(8)13)14(16)17/h6-7H,3,13H2,1-2H3. The van der Waals surface area contributed by atoms with Gasteiger partial charge in [0, 0.05) is 5.92 Å². The third-order valence-electron chi connectivity index (χ3n) is 2.14. The number of nitro groups is 1. The van der Waals surface area contributed by atoms with Gasteiger partial charge in [0.15, 0.2) is 0 Å². The fourth-order valence-corrected chi connectivity index (χ4v) is 1.27. The molecule has 1 aromatic rings. The predicted octanol–water partition coefficient (Wildman–Crippen LogP) is 1.10. The number of hydrogen-bond donors (Lipinski definition) is 1. The Balaban J connectivity index is 3.23. The van der Waals surface area contributed by atoms with E-state index in [1.807, 2.05) is 0 Å². The van der Waals surface area contributed by atoms with Crippen LogP contribution in [0.5, 0.6) is 5.75 Å². The highest BCUT2D eigenvalue weighted by Crippen LogP contribution is 2.30. The van der Waals surface area contributed by atoms with E-state index >= 15 is 0 Å². The lowest BCUT2D eigenvalue weighted by Gasteiger charge is -2.04. The van der Waals surface area contributed by atoms with Crippen LogP contribution in [0.25, 0.3) is 0 Å². The Morgan fingerprint density at radius 3 is 2.74 bits per heavy atom. The number of anilines is 1. The van der Waals surface area contributed by atoms with Crippen molar-refractivity contribution in [3.63, 3.8) is 0 Å². The molecule has 0 atom stereocenters. The molecule has 19 heavy (non-hydrogen) atoms. The largest absolute Gasteiger partial charge is 0.496 e. The van der Waals surface area contributed by atoms with Crippen molar-refractivity contribution in [2.45, 2.75) is 6.92 Å². The maximum absolute atomic E-state index is 11.1. The van der Waals surface area contributed by atoms with Crippen LogP contribution in [0.2, 0.25) is 0 Å². The summed E-state index contributed by atoms with van der Waals surface area (Å²) in [6.07, 6.45) is 0. The Bertz CT molecular complexity index is 571. The summed E-state index contributed by atoms with van der Waals surface area (Å²) in [6, 6.07) is 2.60. The fourth-order valence-electron chi connectivity index (χ4n) is 1.27. The molecule has 0 bridgehead atoms. The number of hydrogen-bond acceptors (Lipinski definition) is 6. The maximum Gasteiger partial charge on any atom is 0.384 e. The molecular weight excluding hydrogens is 252 g/mol. The summed E-state index contributed by atoms with van der Waals surface area (Å²) in [6.45, 7) is 1.84. The molecule has 100 valence electrons. The quantitative estimate of drug-likeness (QED) is 0.288. The molecule has 0 amide bonds. The van der Waals surface area contributed by atoms with Crippen LogP contribution in [0.3, 0.4) is 0 Å². The van der Waals surface area contributed by atoms with E-state index in [2.05, 4.69) is 16.6 Å². The first kappa shape index (κ1) is 14.3. The number of rotatable bonds is 3. The van der Waals surface area contributed by atoms with Gasteiger partial charge in [0.2, 0.25) is 0 Å². The summed E-state index contributed by atoms with van der Waals surface area (Å²) in [7, 11) is 1.36. The Morgan fingerprint density at radius 2 is 2.21 bits per heavy atom. The van der Waals surface area contributed by atoms with E-state index in [0.29, 0.717) is 0 Å². The predicted molar refractivity (Wildman–Crippen MR) is 67.6 cm³/mol. The molecule has 1 aromatic carbocycles. The van der Waals surface area contributed by atoms with Crippen LogP contribution in [0.4, 0.5) is 11.4 Å². The number of ether oxygens (including phenoxy) is 2. The van der Waals surface area contributed by atoms with Crippen molar-refractivity contribution >= 4 is 17.3 Å². The van der Waals surface area contributed by atoms with E-state index in [1.54, 1.807) is 6.92 Å². The minimum absolute atomic E-state index is 0.123. The van der Waals surface area contributed by atoms with Crippen molar-refractivity contribution in [2.75, 3.05) is 19.5 Å². The van der Waals surface area contributed by atoms with E-state index in [0.717, 1.165) is 0 Å². The molecule has 0 radical (unpaired) electrons. The van der Waals surface area contributed by atoms with Gasteiger partial charge in [-0.1, -0.05) is 5.92 Å². The summed E-state index contributed by atoms with van der Waals surface area (Å²) in [5.41, 5.74) is 5.31. The second kappa shape index (κ2) is 6.26. The van der Waals surface area contributed by atoms with Gasteiger partial charge in [0.05, 0.1) is 30.3 Å². The zero-order valence-corrected chi connectivity index (χ0v) is 10.4. The molecule has 1 rings (SSSR count). The first-order valence-electron chi connectivity index (χ1n) is 5.30. The van der Waals surface area contributed by atoms with Gasteiger partial charge in [-0.05, 0) is 13.0 Å². The highest BCUT2D eigenvalue weighted by atomic mass is 16.6. The second-order valence-electron chi connectivity index (χ2n) is 3.34. The average molecular weight is 264 g/mol. The Kier molecular flexibility index (Phi) is 4.71. The molecule has 0 aliphatic carbocycles. The fraction of sp³-hybridized carbons (Fsp3) is 0.250. The lowest BCUT2D eigenvalue weighted by Crippen LogP contribution is -2.02. The van der Waals surface area contributed by atoms with Gasteiger partial charge in [-0.15, -0.1) is 0 Å². The smallest absolute Gasteiger partial charge is 0.384 e.